The van der Waals surface area contributed by atoms with Gasteiger partial charge >= 0.3 is 39.5 Å². The minimum absolute atomic E-state index is 0.102. The maximum absolute atomic E-state index is 13.0. The molecule has 0 aromatic carbocycles. The minimum atomic E-state index is -4.95. The molecular weight excluding hydrogens is 1130 g/mol. The van der Waals surface area contributed by atoms with Crippen molar-refractivity contribution < 1.29 is 80.2 Å². The van der Waals surface area contributed by atoms with E-state index in [9.17, 15) is 43.2 Å². The van der Waals surface area contributed by atoms with Crippen molar-refractivity contribution in [3.63, 3.8) is 0 Å². The number of phosphoric ester groups is 2. The number of esters is 4. The molecule has 17 nitrogen and oxygen atoms in total. The molecular formula is C66H128O17P2. The Kier molecular flexibility index (Phi) is 54.8. The first kappa shape index (κ1) is 83.1. The molecule has 0 bridgehead atoms. The van der Waals surface area contributed by atoms with Crippen LogP contribution < -0.4 is 0 Å². The van der Waals surface area contributed by atoms with Gasteiger partial charge in [-0.15, -0.1) is 0 Å². The van der Waals surface area contributed by atoms with Gasteiger partial charge in [-0.25, -0.2) is 9.13 Å². The Morgan fingerprint density at radius 1 is 0.294 bits per heavy atom. The van der Waals surface area contributed by atoms with E-state index >= 15 is 0 Å². The van der Waals surface area contributed by atoms with Crippen LogP contribution in [-0.2, 0) is 65.4 Å². The molecule has 0 spiro atoms. The quantitative estimate of drug-likeness (QED) is 0.0222. The summed E-state index contributed by atoms with van der Waals surface area (Å²) in [6, 6.07) is 0. The van der Waals surface area contributed by atoms with Crippen LogP contribution in [0.4, 0.5) is 0 Å². The van der Waals surface area contributed by atoms with Crippen LogP contribution in [0.25, 0.3) is 0 Å². The van der Waals surface area contributed by atoms with Crippen molar-refractivity contribution in [2.75, 3.05) is 39.6 Å². The topological polar surface area (TPSA) is 237 Å². The molecule has 0 aromatic rings. The molecule has 85 heavy (non-hydrogen) atoms. The molecule has 0 aliphatic heterocycles. The lowest BCUT2D eigenvalue weighted by Crippen LogP contribution is -2.30. The smallest absolute Gasteiger partial charge is 0.462 e. The van der Waals surface area contributed by atoms with Gasteiger partial charge in [-0.1, -0.05) is 267 Å². The first-order valence-corrected chi connectivity index (χ1v) is 37.2. The van der Waals surface area contributed by atoms with Crippen LogP contribution >= 0.6 is 15.6 Å². The SMILES string of the molecule is CC(C)CCCCCCCCCCCCCC(=O)O[C@H](COC(=O)CCCCCCCCCC(C)C)COP(=O)(O)OCC(O)COP(=O)(O)OC[C@@H](COC(=O)CCCCCCCCCCC(C)C)OC(=O)CCCCCCCCCC(C)C. The van der Waals surface area contributed by atoms with Crippen molar-refractivity contribution in [3.8, 4) is 0 Å². The van der Waals surface area contributed by atoms with E-state index in [0.29, 0.717) is 37.5 Å². The standard InChI is InChI=1S/C66H128O17P2/c1-56(2)42-34-26-18-12-10-9-11-13-23-32-40-48-65(70)82-61(53-77-64(69)47-39-31-24-16-20-28-36-44-58(5)6)54-80-84(72,73)78-50-60(67)51-79-85(74,75)81-55-62(83-66(71)49-41-33-25-17-21-29-37-45-59(7)8)52-76-63(68)46-38-30-22-15-14-19-27-35-43-57(3)4/h56-62,67H,9-55H2,1-8H3,(H,72,73)(H,74,75)/t60?,61-,62-/m1/s1. The Labute approximate surface area is 517 Å². The maximum atomic E-state index is 13.0. The van der Waals surface area contributed by atoms with E-state index in [2.05, 4.69) is 55.4 Å². The van der Waals surface area contributed by atoms with Crippen molar-refractivity contribution >= 4 is 39.5 Å². The maximum Gasteiger partial charge on any atom is 0.472 e. The van der Waals surface area contributed by atoms with Gasteiger partial charge in [0.15, 0.2) is 12.2 Å². The molecule has 0 saturated carbocycles. The van der Waals surface area contributed by atoms with E-state index in [4.69, 9.17) is 37.0 Å². The van der Waals surface area contributed by atoms with E-state index in [0.717, 1.165) is 108 Å². The Bertz CT molecular complexity index is 1700. The second-order valence-corrected chi connectivity index (χ2v) is 28.7. The van der Waals surface area contributed by atoms with E-state index in [1.54, 1.807) is 0 Å². The van der Waals surface area contributed by atoms with Crippen molar-refractivity contribution in [3.05, 3.63) is 0 Å². The van der Waals surface area contributed by atoms with Gasteiger partial charge in [0.05, 0.1) is 26.4 Å². The van der Waals surface area contributed by atoms with Crippen LogP contribution in [-0.4, -0.2) is 96.7 Å². The number of hydrogen-bond acceptors (Lipinski definition) is 15. The summed E-state index contributed by atoms with van der Waals surface area (Å²) in [5, 5.41) is 10.5. The van der Waals surface area contributed by atoms with Gasteiger partial charge in [0.1, 0.15) is 19.3 Å². The molecule has 19 heteroatoms. The highest BCUT2D eigenvalue weighted by molar-refractivity contribution is 7.47. The minimum Gasteiger partial charge on any atom is -0.462 e. The highest BCUT2D eigenvalue weighted by Gasteiger charge is 2.30. The molecule has 0 aromatic heterocycles. The zero-order valence-corrected chi connectivity index (χ0v) is 57.0. The third kappa shape index (κ3) is 60.7. The number of carbonyl (C=O) groups is 4. The monoisotopic (exact) mass is 1250 g/mol. The molecule has 3 N–H and O–H groups in total. The van der Waals surface area contributed by atoms with Crippen LogP contribution in [0, 0.1) is 23.7 Å². The third-order valence-corrected chi connectivity index (χ3v) is 17.0. The van der Waals surface area contributed by atoms with Gasteiger partial charge in [0, 0.05) is 25.7 Å². The lowest BCUT2D eigenvalue weighted by Gasteiger charge is -2.21. The Morgan fingerprint density at radius 2 is 0.494 bits per heavy atom. The summed E-state index contributed by atoms with van der Waals surface area (Å²) < 4.78 is 68.1. The van der Waals surface area contributed by atoms with Crippen LogP contribution in [0.15, 0.2) is 0 Å². The molecule has 0 aliphatic carbocycles. The fourth-order valence-electron chi connectivity index (χ4n) is 9.78. The van der Waals surface area contributed by atoms with Gasteiger partial charge in [-0.05, 0) is 49.4 Å². The summed E-state index contributed by atoms with van der Waals surface area (Å²) >= 11 is 0. The molecule has 0 amide bonds. The number of hydrogen-bond donors (Lipinski definition) is 3. The Morgan fingerprint density at radius 3 is 0.729 bits per heavy atom. The van der Waals surface area contributed by atoms with Gasteiger partial charge in [0.25, 0.3) is 0 Å². The van der Waals surface area contributed by atoms with Crippen molar-refractivity contribution in [2.24, 2.45) is 23.7 Å². The number of rotatable bonds is 63. The van der Waals surface area contributed by atoms with E-state index in [1.165, 1.54) is 116 Å². The lowest BCUT2D eigenvalue weighted by molar-refractivity contribution is -0.161. The molecule has 0 fully saturated rings. The summed E-state index contributed by atoms with van der Waals surface area (Å²) in [4.78, 5) is 72.3. The van der Waals surface area contributed by atoms with Crippen molar-refractivity contribution in [1.82, 2.24) is 0 Å². The second kappa shape index (κ2) is 56.1. The van der Waals surface area contributed by atoms with E-state index < -0.39 is 97.5 Å². The zero-order chi connectivity index (χ0) is 63.2. The van der Waals surface area contributed by atoms with Gasteiger partial charge < -0.3 is 33.8 Å². The van der Waals surface area contributed by atoms with Crippen molar-refractivity contribution in [1.29, 1.82) is 0 Å². The number of aliphatic hydroxyl groups is 1. The average Bonchev–Trinajstić information content (AvgIpc) is 3.62. The van der Waals surface area contributed by atoms with E-state index in [1.807, 2.05) is 0 Å². The largest absolute Gasteiger partial charge is 0.472 e. The summed E-state index contributed by atoms with van der Waals surface area (Å²) in [5.41, 5.74) is 0. The van der Waals surface area contributed by atoms with Gasteiger partial charge in [-0.3, -0.25) is 37.3 Å². The Hall–Kier alpha value is -1.94. The summed E-state index contributed by atoms with van der Waals surface area (Å²) in [7, 11) is -9.89. The molecule has 0 aliphatic rings. The number of unbranched alkanes of at least 4 members (excludes halogenated alkanes) is 29. The summed E-state index contributed by atoms with van der Waals surface area (Å²) in [6.45, 7) is 14.0. The van der Waals surface area contributed by atoms with Crippen LogP contribution in [0.3, 0.4) is 0 Å². The normalized spacial score (nSPS) is 14.4. The lowest BCUT2D eigenvalue weighted by atomic mass is 10.0. The first-order chi connectivity index (χ1) is 40.6. The number of carbonyl (C=O) groups excluding carboxylic acids is 4. The van der Waals surface area contributed by atoms with Crippen LogP contribution in [0.1, 0.15) is 319 Å². The predicted octanol–water partition coefficient (Wildman–Crippen LogP) is 18.1. The predicted molar refractivity (Wildman–Crippen MR) is 340 cm³/mol. The summed E-state index contributed by atoms with van der Waals surface area (Å²) in [6.07, 6.45) is 36.4. The summed E-state index contributed by atoms with van der Waals surface area (Å²) in [5.74, 6) is 0.754. The molecule has 0 saturated heterocycles. The average molecular weight is 1260 g/mol. The molecule has 504 valence electrons. The fraction of sp³-hybridized carbons (Fsp3) is 0.939. The molecule has 0 heterocycles. The van der Waals surface area contributed by atoms with Crippen LogP contribution in [0.2, 0.25) is 0 Å². The number of phosphoric acid groups is 2. The van der Waals surface area contributed by atoms with Gasteiger partial charge in [0.2, 0.25) is 0 Å². The Balaban J connectivity index is 5.25. The second-order valence-electron chi connectivity index (χ2n) is 25.8. The molecule has 0 rings (SSSR count). The zero-order valence-electron chi connectivity index (χ0n) is 55.2. The van der Waals surface area contributed by atoms with Gasteiger partial charge in [-0.2, -0.15) is 0 Å². The van der Waals surface area contributed by atoms with Crippen molar-refractivity contribution in [2.45, 2.75) is 337 Å². The molecule has 3 unspecified atom stereocenters. The highest BCUT2D eigenvalue weighted by atomic mass is 31.2. The number of ether oxygens (including phenoxy) is 4. The number of aliphatic hydroxyl groups excluding tert-OH is 1. The van der Waals surface area contributed by atoms with E-state index in [-0.39, 0.29) is 25.7 Å². The third-order valence-electron chi connectivity index (χ3n) is 15.1. The fourth-order valence-corrected chi connectivity index (χ4v) is 11.4. The highest BCUT2D eigenvalue weighted by Crippen LogP contribution is 2.45. The molecule has 5 atom stereocenters. The first-order valence-electron chi connectivity index (χ1n) is 34.2. The molecule has 0 radical (unpaired) electrons. The van der Waals surface area contributed by atoms with Crippen LogP contribution in [0.5, 0.6) is 0 Å².